The fourth-order valence-electron chi connectivity index (χ4n) is 1.77. The number of amides is 1. The van der Waals surface area contributed by atoms with E-state index in [1.807, 2.05) is 13.8 Å². The van der Waals surface area contributed by atoms with Crippen LogP contribution in [0.1, 0.15) is 19.4 Å². The van der Waals surface area contributed by atoms with E-state index in [0.717, 1.165) is 0 Å². The summed E-state index contributed by atoms with van der Waals surface area (Å²) in [6, 6.07) is 6.62. The molecule has 1 aromatic rings. The molecule has 0 aliphatic carbocycles. The molecule has 0 aliphatic rings. The number of nitrogens with zero attached hydrogens (tertiary/aromatic N) is 1. The van der Waals surface area contributed by atoms with Gasteiger partial charge < -0.3 is 10.6 Å². The van der Waals surface area contributed by atoms with E-state index in [-0.39, 0.29) is 11.7 Å². The summed E-state index contributed by atoms with van der Waals surface area (Å²) in [6.07, 6.45) is 0. The topological polar surface area (TPSA) is 80.5 Å². The molecular weight excluding hydrogens is 264 g/mol. The first-order chi connectivity index (χ1) is 8.88. The Bertz CT molecular complexity index is 519. The molecule has 0 radical (unpaired) electrons. The van der Waals surface area contributed by atoms with E-state index in [9.17, 15) is 13.2 Å². The summed E-state index contributed by atoms with van der Waals surface area (Å²) >= 11 is 0. The van der Waals surface area contributed by atoms with Gasteiger partial charge in [-0.25, -0.2) is 8.42 Å². The maximum Gasteiger partial charge on any atom is 0.237 e. The number of benzene rings is 1. The van der Waals surface area contributed by atoms with Gasteiger partial charge in [-0.3, -0.25) is 4.79 Å². The van der Waals surface area contributed by atoms with E-state index in [1.54, 1.807) is 24.3 Å². The van der Waals surface area contributed by atoms with Gasteiger partial charge >= 0.3 is 0 Å². The van der Waals surface area contributed by atoms with Crippen molar-refractivity contribution >= 4 is 21.4 Å². The lowest BCUT2D eigenvalue weighted by Gasteiger charge is -2.18. The zero-order valence-electron chi connectivity index (χ0n) is 11.3. The minimum absolute atomic E-state index is 0.139. The summed E-state index contributed by atoms with van der Waals surface area (Å²) < 4.78 is 23.9. The number of hydrogen-bond donors (Lipinski definition) is 1. The third kappa shape index (κ3) is 4.90. The number of anilines is 1. The predicted molar refractivity (Wildman–Crippen MR) is 76.3 cm³/mol. The molecule has 6 heteroatoms. The van der Waals surface area contributed by atoms with E-state index < -0.39 is 15.6 Å². The van der Waals surface area contributed by atoms with E-state index in [2.05, 4.69) is 0 Å². The molecule has 1 rings (SSSR count). The number of nitrogens with two attached hydrogens (primary N) is 1. The number of sulfone groups is 1. The Morgan fingerprint density at radius 1 is 1.16 bits per heavy atom. The Morgan fingerprint density at radius 2 is 1.68 bits per heavy atom. The van der Waals surface area contributed by atoms with Crippen molar-refractivity contribution in [2.45, 2.75) is 19.6 Å². The molecule has 0 saturated heterocycles. The summed E-state index contributed by atoms with van der Waals surface area (Å²) in [6.45, 7) is 4.70. The molecule has 19 heavy (non-hydrogen) atoms. The Kier molecular flexibility index (Phi) is 5.35. The van der Waals surface area contributed by atoms with Crippen LogP contribution in [0.2, 0.25) is 0 Å². The lowest BCUT2D eigenvalue weighted by atomic mass is 10.2. The van der Waals surface area contributed by atoms with Crippen molar-refractivity contribution in [3.8, 4) is 0 Å². The van der Waals surface area contributed by atoms with Crippen molar-refractivity contribution in [2.24, 2.45) is 0 Å². The van der Waals surface area contributed by atoms with Gasteiger partial charge in [-0.2, -0.15) is 0 Å². The zero-order chi connectivity index (χ0) is 14.5. The molecule has 0 aromatic heterocycles. The molecule has 5 nitrogen and oxygen atoms in total. The quantitative estimate of drug-likeness (QED) is 0.792. The normalized spacial score (nSPS) is 11.3. The minimum Gasteiger partial charge on any atom is -0.399 e. The number of hydrogen-bond acceptors (Lipinski definition) is 4. The van der Waals surface area contributed by atoms with Crippen LogP contribution in [0.4, 0.5) is 5.69 Å². The Morgan fingerprint density at radius 3 is 2.16 bits per heavy atom. The fourth-order valence-corrected chi connectivity index (χ4v) is 3.14. The summed E-state index contributed by atoms with van der Waals surface area (Å²) in [4.78, 5) is 13.3. The van der Waals surface area contributed by atoms with Crippen molar-refractivity contribution in [2.75, 3.05) is 24.6 Å². The lowest BCUT2D eigenvalue weighted by Crippen LogP contribution is -2.35. The molecule has 2 N–H and O–H groups in total. The minimum atomic E-state index is -3.44. The second-order valence-corrected chi connectivity index (χ2v) is 6.40. The predicted octanol–water partition coefficient (Wildman–Crippen LogP) is 1.05. The molecule has 0 heterocycles. The molecule has 106 valence electrons. The fraction of sp³-hybridized carbons (Fsp3) is 0.462. The molecule has 1 amide bonds. The van der Waals surface area contributed by atoms with Crippen LogP contribution in [-0.4, -0.2) is 38.1 Å². The second kappa shape index (κ2) is 6.56. The Balaban J connectivity index is 2.71. The first kappa shape index (κ1) is 15.5. The Labute approximate surface area is 114 Å². The maximum atomic E-state index is 12.0. The van der Waals surface area contributed by atoms with Crippen molar-refractivity contribution in [3.05, 3.63) is 29.8 Å². The summed E-state index contributed by atoms with van der Waals surface area (Å²) in [5.74, 6) is -0.931. The van der Waals surface area contributed by atoms with Crippen molar-refractivity contribution in [1.82, 2.24) is 4.90 Å². The van der Waals surface area contributed by atoms with Crippen LogP contribution in [0, 0.1) is 0 Å². The van der Waals surface area contributed by atoms with Crippen molar-refractivity contribution in [3.63, 3.8) is 0 Å². The third-order valence-electron chi connectivity index (χ3n) is 2.83. The number of carbonyl (C=O) groups is 1. The molecule has 1 aromatic carbocycles. The monoisotopic (exact) mass is 284 g/mol. The number of rotatable bonds is 6. The first-order valence-electron chi connectivity index (χ1n) is 6.20. The van der Waals surface area contributed by atoms with Crippen LogP contribution >= 0.6 is 0 Å². The summed E-state index contributed by atoms with van der Waals surface area (Å²) in [7, 11) is -3.44. The molecule has 0 bridgehead atoms. The smallest absolute Gasteiger partial charge is 0.237 e. The van der Waals surface area contributed by atoms with Crippen LogP contribution in [0.3, 0.4) is 0 Å². The summed E-state index contributed by atoms with van der Waals surface area (Å²) in [5.41, 5.74) is 6.76. The van der Waals surface area contributed by atoms with Crippen LogP contribution in [-0.2, 0) is 20.4 Å². The van der Waals surface area contributed by atoms with E-state index >= 15 is 0 Å². The molecule has 0 atom stereocenters. The van der Waals surface area contributed by atoms with Crippen LogP contribution in [0.15, 0.2) is 24.3 Å². The zero-order valence-corrected chi connectivity index (χ0v) is 12.1. The highest BCUT2D eigenvalue weighted by Crippen LogP contribution is 2.10. The maximum absolute atomic E-state index is 12.0. The van der Waals surface area contributed by atoms with E-state index in [0.29, 0.717) is 24.3 Å². The number of nitrogen functional groups attached to an aromatic ring is 1. The third-order valence-corrected chi connectivity index (χ3v) is 4.29. The first-order valence-corrected chi connectivity index (χ1v) is 8.02. The second-order valence-electron chi connectivity index (χ2n) is 4.34. The van der Waals surface area contributed by atoms with Crippen LogP contribution < -0.4 is 5.73 Å². The van der Waals surface area contributed by atoms with Gasteiger partial charge in [0.2, 0.25) is 5.91 Å². The molecule has 0 fully saturated rings. The average Bonchev–Trinajstić information content (AvgIpc) is 2.32. The van der Waals surface area contributed by atoms with E-state index in [4.69, 9.17) is 5.73 Å². The molecule has 0 unspecified atom stereocenters. The van der Waals surface area contributed by atoms with Gasteiger partial charge in [0.15, 0.2) is 9.84 Å². The molecule has 0 saturated carbocycles. The van der Waals surface area contributed by atoms with Crippen molar-refractivity contribution < 1.29 is 13.2 Å². The van der Waals surface area contributed by atoms with Crippen molar-refractivity contribution in [1.29, 1.82) is 0 Å². The average molecular weight is 284 g/mol. The molecule has 0 spiro atoms. The largest absolute Gasteiger partial charge is 0.399 e. The van der Waals surface area contributed by atoms with Crippen LogP contribution in [0.5, 0.6) is 0 Å². The van der Waals surface area contributed by atoms with Gasteiger partial charge in [0, 0.05) is 18.8 Å². The number of carbonyl (C=O) groups excluding carboxylic acids is 1. The van der Waals surface area contributed by atoms with Gasteiger partial charge in [-0.05, 0) is 31.5 Å². The molecule has 0 aliphatic heterocycles. The van der Waals surface area contributed by atoms with Gasteiger partial charge in [0.1, 0.15) is 5.75 Å². The highest BCUT2D eigenvalue weighted by molar-refractivity contribution is 7.91. The van der Waals surface area contributed by atoms with Gasteiger partial charge in [-0.15, -0.1) is 0 Å². The highest BCUT2D eigenvalue weighted by atomic mass is 32.2. The Hall–Kier alpha value is -1.56. The van der Waals surface area contributed by atoms with Gasteiger partial charge in [0.05, 0.1) is 5.75 Å². The lowest BCUT2D eigenvalue weighted by molar-refractivity contribution is -0.128. The summed E-state index contributed by atoms with van der Waals surface area (Å²) in [5, 5.41) is 0. The SMILES string of the molecule is CCN(CC)C(=O)CS(=O)(=O)Cc1ccc(N)cc1. The van der Waals surface area contributed by atoms with E-state index in [1.165, 1.54) is 4.90 Å². The molecular formula is C13H20N2O3S. The van der Waals surface area contributed by atoms with Crippen LogP contribution in [0.25, 0.3) is 0 Å². The highest BCUT2D eigenvalue weighted by Gasteiger charge is 2.20. The standard InChI is InChI=1S/C13H20N2O3S/c1-3-15(4-2)13(16)10-19(17,18)9-11-5-7-12(14)8-6-11/h5-8H,3-4,9-10,14H2,1-2H3. The van der Waals surface area contributed by atoms with Gasteiger partial charge in [0.25, 0.3) is 0 Å². The van der Waals surface area contributed by atoms with Gasteiger partial charge in [-0.1, -0.05) is 12.1 Å².